The third-order valence-electron chi connectivity index (χ3n) is 3.84. The smallest absolute Gasteiger partial charge is 0.0457 e. The zero-order chi connectivity index (χ0) is 14.1. The van der Waals surface area contributed by atoms with Crippen LogP contribution in [-0.2, 0) is 6.54 Å². The topological polar surface area (TPSA) is 40.7 Å². The molecule has 2 aromatic carbocycles. The summed E-state index contributed by atoms with van der Waals surface area (Å²) in [6.45, 7) is 0.802. The molecule has 0 amide bonds. The van der Waals surface area contributed by atoms with Crippen molar-refractivity contribution in [3.63, 3.8) is 0 Å². The molecule has 21 heavy (non-hydrogen) atoms. The number of aromatic nitrogens is 2. The number of hydrogen-bond acceptors (Lipinski definition) is 2. The van der Waals surface area contributed by atoms with E-state index in [1.807, 2.05) is 18.6 Å². The van der Waals surface area contributed by atoms with Crippen molar-refractivity contribution in [1.29, 1.82) is 0 Å². The number of rotatable bonds is 3. The fourth-order valence-corrected chi connectivity index (χ4v) is 2.77. The first kappa shape index (κ1) is 12.0. The third-order valence-corrected chi connectivity index (χ3v) is 3.84. The van der Waals surface area contributed by atoms with Crippen molar-refractivity contribution in [2.45, 2.75) is 6.54 Å². The summed E-state index contributed by atoms with van der Waals surface area (Å²) in [4.78, 5) is 7.43. The fourth-order valence-electron chi connectivity index (χ4n) is 2.77. The lowest BCUT2D eigenvalue weighted by atomic mass is 10.1. The van der Waals surface area contributed by atoms with Gasteiger partial charge in [-0.25, -0.2) is 0 Å². The van der Waals surface area contributed by atoms with Crippen LogP contribution in [0.1, 0.15) is 5.56 Å². The minimum Gasteiger partial charge on any atom is -0.380 e. The van der Waals surface area contributed by atoms with E-state index in [1.54, 1.807) is 0 Å². The van der Waals surface area contributed by atoms with E-state index in [1.165, 1.54) is 21.9 Å². The highest BCUT2D eigenvalue weighted by molar-refractivity contribution is 5.93. The number of hydrogen-bond donors (Lipinski definition) is 2. The normalized spacial score (nSPS) is 11.0. The summed E-state index contributed by atoms with van der Waals surface area (Å²) < 4.78 is 0. The maximum absolute atomic E-state index is 4.17. The van der Waals surface area contributed by atoms with Gasteiger partial charge in [0.05, 0.1) is 0 Å². The third kappa shape index (κ3) is 2.13. The van der Waals surface area contributed by atoms with Crippen molar-refractivity contribution in [3.05, 3.63) is 72.7 Å². The molecule has 2 N–H and O–H groups in total. The van der Waals surface area contributed by atoms with E-state index >= 15 is 0 Å². The summed E-state index contributed by atoms with van der Waals surface area (Å²) >= 11 is 0. The lowest BCUT2D eigenvalue weighted by Gasteiger charge is -2.10. The molecule has 102 valence electrons. The highest BCUT2D eigenvalue weighted by atomic mass is 14.9. The highest BCUT2D eigenvalue weighted by Gasteiger charge is 2.03. The number of fused-ring (bicyclic) bond motifs is 2. The molecule has 0 aliphatic rings. The van der Waals surface area contributed by atoms with Crippen LogP contribution in [0.3, 0.4) is 0 Å². The molecule has 0 aliphatic heterocycles. The maximum atomic E-state index is 4.17. The molecule has 0 unspecified atom stereocenters. The number of anilines is 1. The Labute approximate surface area is 122 Å². The van der Waals surface area contributed by atoms with Crippen molar-refractivity contribution in [1.82, 2.24) is 9.97 Å². The highest BCUT2D eigenvalue weighted by Crippen LogP contribution is 2.24. The van der Waals surface area contributed by atoms with E-state index in [9.17, 15) is 0 Å². The van der Waals surface area contributed by atoms with Gasteiger partial charge in [0.15, 0.2) is 0 Å². The minimum absolute atomic E-state index is 0.802. The summed E-state index contributed by atoms with van der Waals surface area (Å²) in [5.74, 6) is 0. The van der Waals surface area contributed by atoms with Gasteiger partial charge in [0.25, 0.3) is 0 Å². The average molecular weight is 273 g/mol. The number of aromatic amines is 1. The van der Waals surface area contributed by atoms with Crippen LogP contribution in [0.5, 0.6) is 0 Å². The fraction of sp³-hybridized carbons (Fsp3) is 0.0556. The SMILES string of the molecule is c1cc(NCc2cccc3[nH]ccc23)c2ccncc2c1. The Bertz CT molecular complexity index is 903. The number of benzene rings is 2. The molecular weight excluding hydrogens is 258 g/mol. The van der Waals surface area contributed by atoms with Gasteiger partial charge in [0.2, 0.25) is 0 Å². The van der Waals surface area contributed by atoms with Crippen molar-refractivity contribution < 1.29 is 0 Å². The van der Waals surface area contributed by atoms with Crippen LogP contribution in [0.15, 0.2) is 67.1 Å². The Morgan fingerprint density at radius 1 is 0.952 bits per heavy atom. The standard InChI is InChI=1S/C18H15N3/c1-3-13-11-19-9-7-15(13)18(6-1)21-12-14-4-2-5-17-16(14)8-10-20-17/h1-11,20-21H,12H2. The van der Waals surface area contributed by atoms with Gasteiger partial charge >= 0.3 is 0 Å². The first-order valence-electron chi connectivity index (χ1n) is 7.03. The first-order valence-corrected chi connectivity index (χ1v) is 7.03. The van der Waals surface area contributed by atoms with Gasteiger partial charge in [0.1, 0.15) is 0 Å². The van der Waals surface area contributed by atoms with Crippen LogP contribution in [0, 0.1) is 0 Å². The number of nitrogens with one attached hydrogen (secondary N) is 2. The van der Waals surface area contributed by atoms with E-state index in [-0.39, 0.29) is 0 Å². The molecule has 0 radical (unpaired) electrons. The molecular formula is C18H15N3. The van der Waals surface area contributed by atoms with Crippen molar-refractivity contribution in [2.75, 3.05) is 5.32 Å². The predicted octanol–water partition coefficient (Wildman–Crippen LogP) is 4.33. The van der Waals surface area contributed by atoms with Gasteiger partial charge in [-0.05, 0) is 29.8 Å². The minimum atomic E-state index is 0.802. The van der Waals surface area contributed by atoms with Crippen LogP contribution in [0.2, 0.25) is 0 Å². The van der Waals surface area contributed by atoms with E-state index in [2.05, 4.69) is 63.8 Å². The lowest BCUT2D eigenvalue weighted by Crippen LogP contribution is -2.00. The Kier molecular flexibility index (Phi) is 2.82. The molecule has 2 aromatic heterocycles. The molecule has 3 nitrogen and oxygen atoms in total. The van der Waals surface area contributed by atoms with Gasteiger partial charge in [-0.2, -0.15) is 0 Å². The van der Waals surface area contributed by atoms with Crippen LogP contribution in [0.25, 0.3) is 21.7 Å². The molecule has 0 saturated carbocycles. The Balaban J connectivity index is 1.68. The molecule has 2 heterocycles. The van der Waals surface area contributed by atoms with Gasteiger partial charge in [-0.15, -0.1) is 0 Å². The zero-order valence-corrected chi connectivity index (χ0v) is 11.5. The molecule has 4 rings (SSSR count). The second-order valence-electron chi connectivity index (χ2n) is 5.11. The average Bonchev–Trinajstić information content (AvgIpc) is 3.02. The molecule has 4 aromatic rings. The summed E-state index contributed by atoms with van der Waals surface area (Å²) in [5, 5.41) is 7.17. The molecule has 0 atom stereocenters. The number of nitrogens with zero attached hydrogens (tertiary/aromatic N) is 1. The van der Waals surface area contributed by atoms with Crippen molar-refractivity contribution >= 4 is 27.4 Å². The second-order valence-corrected chi connectivity index (χ2v) is 5.11. The van der Waals surface area contributed by atoms with E-state index in [0.29, 0.717) is 0 Å². The molecule has 0 saturated heterocycles. The van der Waals surface area contributed by atoms with Gasteiger partial charge in [-0.1, -0.05) is 24.3 Å². The van der Waals surface area contributed by atoms with Gasteiger partial charge in [0, 0.05) is 52.5 Å². The van der Waals surface area contributed by atoms with E-state index in [4.69, 9.17) is 0 Å². The van der Waals surface area contributed by atoms with E-state index < -0.39 is 0 Å². The zero-order valence-electron chi connectivity index (χ0n) is 11.5. The number of pyridine rings is 1. The Morgan fingerprint density at radius 3 is 2.90 bits per heavy atom. The van der Waals surface area contributed by atoms with Crippen LogP contribution < -0.4 is 5.32 Å². The second kappa shape index (κ2) is 4.94. The van der Waals surface area contributed by atoms with Crippen LogP contribution >= 0.6 is 0 Å². The Hall–Kier alpha value is -2.81. The van der Waals surface area contributed by atoms with Crippen LogP contribution in [0.4, 0.5) is 5.69 Å². The quantitative estimate of drug-likeness (QED) is 0.583. The maximum Gasteiger partial charge on any atom is 0.0457 e. The molecule has 0 bridgehead atoms. The van der Waals surface area contributed by atoms with Crippen molar-refractivity contribution in [2.24, 2.45) is 0 Å². The monoisotopic (exact) mass is 273 g/mol. The Morgan fingerprint density at radius 2 is 1.90 bits per heavy atom. The molecule has 0 spiro atoms. The number of H-pyrrole nitrogens is 1. The van der Waals surface area contributed by atoms with Gasteiger partial charge in [-0.3, -0.25) is 4.98 Å². The van der Waals surface area contributed by atoms with Gasteiger partial charge < -0.3 is 10.3 Å². The first-order chi connectivity index (χ1) is 10.4. The summed E-state index contributed by atoms with van der Waals surface area (Å²) in [6, 6.07) is 16.8. The summed E-state index contributed by atoms with van der Waals surface area (Å²) in [5.41, 5.74) is 3.61. The summed E-state index contributed by atoms with van der Waals surface area (Å²) in [7, 11) is 0. The molecule has 0 fully saturated rings. The lowest BCUT2D eigenvalue weighted by molar-refractivity contribution is 1.17. The molecule has 0 aliphatic carbocycles. The van der Waals surface area contributed by atoms with E-state index in [0.717, 1.165) is 17.6 Å². The van der Waals surface area contributed by atoms with Crippen molar-refractivity contribution in [3.8, 4) is 0 Å². The summed E-state index contributed by atoms with van der Waals surface area (Å²) in [6.07, 6.45) is 5.71. The van der Waals surface area contributed by atoms with Crippen LogP contribution in [-0.4, -0.2) is 9.97 Å². The molecule has 3 heteroatoms. The predicted molar refractivity (Wildman–Crippen MR) is 87.4 cm³/mol. The largest absolute Gasteiger partial charge is 0.380 e.